The van der Waals surface area contributed by atoms with Crippen LogP contribution in [0.1, 0.15) is 27.2 Å². The number of ketones is 1. The van der Waals surface area contributed by atoms with Gasteiger partial charge >= 0.3 is 0 Å². The van der Waals surface area contributed by atoms with Crippen LogP contribution >= 0.6 is 11.6 Å². The maximum Gasteiger partial charge on any atom is 0.182 e. The molecule has 0 aromatic carbocycles. The molecule has 13 heavy (non-hydrogen) atoms. The molecule has 0 bridgehead atoms. The van der Waals surface area contributed by atoms with Gasteiger partial charge in [-0.25, -0.2) is 0 Å². The van der Waals surface area contributed by atoms with Gasteiger partial charge in [-0.15, -0.1) is 0 Å². The number of nitrogens with zero attached hydrogens (tertiary/aromatic N) is 1. The molecule has 1 aliphatic rings. The highest BCUT2D eigenvalue weighted by molar-refractivity contribution is 6.32. The van der Waals surface area contributed by atoms with E-state index < -0.39 is 5.00 Å². The summed E-state index contributed by atoms with van der Waals surface area (Å²) in [5.74, 6) is 0.0356. The topological polar surface area (TPSA) is 41.5 Å². The lowest BCUT2D eigenvalue weighted by Gasteiger charge is -2.25. The first-order valence-corrected chi connectivity index (χ1v) is 4.60. The maximum atomic E-state index is 11.3. The Kier molecular flexibility index (Phi) is 2.76. The second kappa shape index (κ2) is 3.50. The number of aliphatic imine (C=N–C) groups is 1. The summed E-state index contributed by atoms with van der Waals surface area (Å²) in [7, 11) is 0. The molecule has 1 unspecified atom stereocenters. The van der Waals surface area contributed by atoms with Crippen molar-refractivity contribution in [1.82, 2.24) is 5.32 Å². The number of hydrogen-bond acceptors (Lipinski definition) is 3. The first-order chi connectivity index (χ1) is 5.96. The summed E-state index contributed by atoms with van der Waals surface area (Å²) in [5, 5.41) is 3.00. The Balaban J connectivity index is 2.91. The van der Waals surface area contributed by atoms with E-state index in [1.165, 1.54) is 0 Å². The molecule has 1 rings (SSSR count). The molecule has 0 saturated heterocycles. The highest BCUT2D eigenvalue weighted by atomic mass is 35.5. The van der Waals surface area contributed by atoms with Crippen LogP contribution in [0.5, 0.6) is 0 Å². The summed E-state index contributed by atoms with van der Waals surface area (Å²) in [6, 6.07) is 0. The number of carbonyl (C=O) groups is 1. The van der Waals surface area contributed by atoms with Gasteiger partial charge in [-0.3, -0.25) is 9.79 Å². The maximum absolute atomic E-state index is 11.3. The van der Waals surface area contributed by atoms with Crippen LogP contribution in [-0.2, 0) is 4.79 Å². The van der Waals surface area contributed by atoms with Gasteiger partial charge in [-0.1, -0.05) is 18.5 Å². The monoisotopic (exact) mass is 200 g/mol. The third kappa shape index (κ3) is 2.31. The molecule has 0 aromatic rings. The number of allylic oxidation sites excluding steroid dienone is 2. The molecule has 72 valence electrons. The number of nitrogens with one attached hydrogen (secondary N) is 1. The first-order valence-electron chi connectivity index (χ1n) is 4.22. The van der Waals surface area contributed by atoms with E-state index in [-0.39, 0.29) is 5.78 Å². The summed E-state index contributed by atoms with van der Waals surface area (Å²) < 4.78 is 0. The van der Waals surface area contributed by atoms with Gasteiger partial charge in [-0.05, 0) is 13.8 Å². The molecule has 0 radical (unpaired) electrons. The Labute approximate surface area is 82.9 Å². The van der Waals surface area contributed by atoms with E-state index in [0.29, 0.717) is 12.1 Å². The molecule has 0 saturated carbocycles. The van der Waals surface area contributed by atoms with Crippen LogP contribution in [0.3, 0.4) is 0 Å². The van der Waals surface area contributed by atoms with Crippen molar-refractivity contribution in [3.05, 3.63) is 11.4 Å². The van der Waals surface area contributed by atoms with Gasteiger partial charge < -0.3 is 5.32 Å². The average molecular weight is 201 g/mol. The van der Waals surface area contributed by atoms with Gasteiger partial charge in [0.2, 0.25) is 0 Å². The fourth-order valence-corrected chi connectivity index (χ4v) is 1.38. The normalized spacial score (nSPS) is 27.4. The van der Waals surface area contributed by atoms with Gasteiger partial charge in [0.05, 0.1) is 0 Å². The quantitative estimate of drug-likeness (QED) is 0.546. The molecule has 3 nitrogen and oxygen atoms in total. The molecule has 0 amide bonds. The molecule has 1 aliphatic heterocycles. The number of hydrogen-bond donors (Lipinski definition) is 1. The zero-order valence-electron chi connectivity index (χ0n) is 8.02. The Morgan fingerprint density at radius 3 is 2.85 bits per heavy atom. The average Bonchev–Trinajstić information content (AvgIpc) is 2.01. The van der Waals surface area contributed by atoms with Crippen LogP contribution < -0.4 is 5.32 Å². The Morgan fingerprint density at radius 1 is 1.77 bits per heavy atom. The van der Waals surface area contributed by atoms with Crippen LogP contribution in [0.2, 0.25) is 0 Å². The van der Waals surface area contributed by atoms with Gasteiger partial charge in [0.15, 0.2) is 5.78 Å². The minimum atomic E-state index is -0.665. The van der Waals surface area contributed by atoms with E-state index in [9.17, 15) is 4.79 Å². The zero-order chi connectivity index (χ0) is 10.1. The summed E-state index contributed by atoms with van der Waals surface area (Å²) in [4.78, 5) is 14.7. The predicted octanol–water partition coefficient (Wildman–Crippen LogP) is 1.83. The molecule has 1 heterocycles. The second-order valence-corrected chi connectivity index (χ2v) is 3.99. The van der Waals surface area contributed by atoms with Gasteiger partial charge in [-0.2, -0.15) is 0 Å². The lowest BCUT2D eigenvalue weighted by molar-refractivity contribution is -0.115. The standard InChI is InChI=1S/C9H13ClN2O/c1-4-7(13)8-6(2)12-9(3,10)5-11-8/h5,12H,4H2,1-3H3. The Hall–Kier alpha value is -0.830. The molecule has 0 aliphatic carbocycles. The number of rotatable bonds is 2. The van der Waals surface area contributed by atoms with Crippen LogP contribution in [0.15, 0.2) is 16.4 Å². The minimum absolute atomic E-state index is 0.0356. The molecule has 0 aromatic heterocycles. The molecule has 1 atom stereocenters. The SMILES string of the molecule is CCC(=O)C1=C(C)NC(C)(Cl)C=N1. The summed E-state index contributed by atoms with van der Waals surface area (Å²) >= 11 is 5.97. The van der Waals surface area contributed by atoms with Crippen molar-refractivity contribution >= 4 is 23.6 Å². The Bertz CT molecular complexity index is 292. The van der Waals surface area contributed by atoms with Gasteiger partial charge in [0, 0.05) is 18.3 Å². The van der Waals surface area contributed by atoms with E-state index in [1.54, 1.807) is 20.1 Å². The summed E-state index contributed by atoms with van der Waals surface area (Å²) in [5.41, 5.74) is 1.23. The molecular weight excluding hydrogens is 188 g/mol. The van der Waals surface area contributed by atoms with E-state index in [2.05, 4.69) is 10.3 Å². The van der Waals surface area contributed by atoms with Crippen molar-refractivity contribution in [3.63, 3.8) is 0 Å². The molecule has 4 heteroatoms. The molecular formula is C9H13ClN2O. The van der Waals surface area contributed by atoms with Crippen molar-refractivity contribution in [2.45, 2.75) is 32.2 Å². The van der Waals surface area contributed by atoms with Crippen molar-refractivity contribution < 1.29 is 4.79 Å². The first kappa shape index (κ1) is 10.3. The van der Waals surface area contributed by atoms with E-state index in [0.717, 1.165) is 5.70 Å². The summed E-state index contributed by atoms with van der Waals surface area (Å²) in [6.45, 7) is 5.40. The summed E-state index contributed by atoms with van der Waals surface area (Å²) in [6.07, 6.45) is 2.01. The third-order valence-corrected chi connectivity index (χ3v) is 2.00. The fourth-order valence-electron chi connectivity index (χ4n) is 1.19. The third-order valence-electron chi connectivity index (χ3n) is 1.81. The van der Waals surface area contributed by atoms with Crippen molar-refractivity contribution in [2.75, 3.05) is 0 Å². The molecule has 0 spiro atoms. The van der Waals surface area contributed by atoms with Crippen molar-refractivity contribution in [1.29, 1.82) is 0 Å². The smallest absolute Gasteiger partial charge is 0.182 e. The van der Waals surface area contributed by atoms with Crippen LogP contribution in [0.4, 0.5) is 0 Å². The lowest BCUT2D eigenvalue weighted by atomic mass is 10.1. The van der Waals surface area contributed by atoms with E-state index >= 15 is 0 Å². The van der Waals surface area contributed by atoms with Crippen LogP contribution in [-0.4, -0.2) is 17.0 Å². The van der Waals surface area contributed by atoms with Crippen molar-refractivity contribution in [2.24, 2.45) is 4.99 Å². The highest BCUT2D eigenvalue weighted by Crippen LogP contribution is 2.19. The van der Waals surface area contributed by atoms with Crippen LogP contribution in [0.25, 0.3) is 0 Å². The molecule has 1 N–H and O–H groups in total. The highest BCUT2D eigenvalue weighted by Gasteiger charge is 2.24. The van der Waals surface area contributed by atoms with E-state index in [1.807, 2.05) is 6.92 Å². The number of carbonyl (C=O) groups excluding carboxylic acids is 1. The number of Topliss-reactive ketones (excluding diaryl/α,β-unsaturated/α-hetero) is 1. The van der Waals surface area contributed by atoms with E-state index in [4.69, 9.17) is 11.6 Å². The number of halogens is 1. The Morgan fingerprint density at radius 2 is 2.38 bits per heavy atom. The second-order valence-electron chi connectivity index (χ2n) is 3.21. The van der Waals surface area contributed by atoms with Gasteiger partial charge in [0.25, 0.3) is 0 Å². The zero-order valence-corrected chi connectivity index (χ0v) is 8.77. The van der Waals surface area contributed by atoms with Gasteiger partial charge in [0.1, 0.15) is 10.7 Å². The van der Waals surface area contributed by atoms with Crippen molar-refractivity contribution in [3.8, 4) is 0 Å². The molecule has 0 fully saturated rings. The fraction of sp³-hybridized carbons (Fsp3) is 0.556. The predicted molar refractivity (Wildman–Crippen MR) is 53.9 cm³/mol. The van der Waals surface area contributed by atoms with Crippen LogP contribution in [0, 0.1) is 0 Å². The largest absolute Gasteiger partial charge is 0.364 e. The minimum Gasteiger partial charge on any atom is -0.364 e. The lowest BCUT2D eigenvalue weighted by Crippen LogP contribution is -2.40. The number of alkyl halides is 1.